The number of likely N-dealkylation sites (N-methyl/N-ethyl adjacent to an activating group) is 1. The maximum Gasteiger partial charge on any atom is 0.399 e. The standard InChI is InChI=1S/C13H14F3NS/c1-12(8-17-2,13(14,15)16)10-4-3-9-5-6-18-11(9)7-10/h3-7,17H,8H2,1-2H3. The van der Waals surface area contributed by atoms with Gasteiger partial charge in [-0.3, -0.25) is 0 Å². The summed E-state index contributed by atoms with van der Waals surface area (Å²) in [5, 5.41) is 5.51. The monoisotopic (exact) mass is 273 g/mol. The van der Waals surface area contributed by atoms with Crippen LogP contribution in [-0.2, 0) is 5.41 Å². The average molecular weight is 273 g/mol. The second-order valence-corrected chi connectivity index (χ2v) is 5.48. The van der Waals surface area contributed by atoms with Gasteiger partial charge in [-0.05, 0) is 42.4 Å². The van der Waals surface area contributed by atoms with Crippen LogP contribution in [0.1, 0.15) is 12.5 Å². The van der Waals surface area contributed by atoms with E-state index in [0.717, 1.165) is 10.1 Å². The predicted molar refractivity (Wildman–Crippen MR) is 69.2 cm³/mol. The van der Waals surface area contributed by atoms with Gasteiger partial charge in [0.2, 0.25) is 0 Å². The average Bonchev–Trinajstić information content (AvgIpc) is 2.74. The van der Waals surface area contributed by atoms with E-state index in [1.165, 1.54) is 25.3 Å². The Morgan fingerprint density at radius 2 is 1.94 bits per heavy atom. The highest BCUT2D eigenvalue weighted by molar-refractivity contribution is 7.17. The molecule has 2 aromatic rings. The normalized spacial score (nSPS) is 15.8. The van der Waals surface area contributed by atoms with Gasteiger partial charge >= 0.3 is 6.18 Å². The number of hydrogen-bond acceptors (Lipinski definition) is 2. The molecule has 0 aliphatic rings. The third kappa shape index (κ3) is 2.12. The molecule has 0 saturated heterocycles. The van der Waals surface area contributed by atoms with Crippen molar-refractivity contribution in [3.63, 3.8) is 0 Å². The van der Waals surface area contributed by atoms with Crippen LogP contribution in [0.25, 0.3) is 10.1 Å². The van der Waals surface area contributed by atoms with Gasteiger partial charge in [-0.25, -0.2) is 0 Å². The lowest BCUT2D eigenvalue weighted by atomic mass is 9.81. The quantitative estimate of drug-likeness (QED) is 0.893. The maximum atomic E-state index is 13.3. The minimum Gasteiger partial charge on any atom is -0.319 e. The van der Waals surface area contributed by atoms with Crippen molar-refractivity contribution in [2.75, 3.05) is 13.6 Å². The molecule has 0 spiro atoms. The van der Waals surface area contributed by atoms with E-state index in [0.29, 0.717) is 5.56 Å². The molecule has 0 amide bonds. The largest absolute Gasteiger partial charge is 0.399 e. The summed E-state index contributed by atoms with van der Waals surface area (Å²) in [5.74, 6) is 0. The van der Waals surface area contributed by atoms with E-state index in [-0.39, 0.29) is 6.54 Å². The highest BCUT2D eigenvalue weighted by atomic mass is 32.1. The lowest BCUT2D eigenvalue weighted by Crippen LogP contribution is -2.46. The highest BCUT2D eigenvalue weighted by Crippen LogP contribution is 2.41. The fraction of sp³-hybridized carbons (Fsp3) is 0.385. The molecule has 0 radical (unpaired) electrons. The first kappa shape index (κ1) is 13.4. The first-order valence-corrected chi connectivity index (χ1v) is 6.45. The Kier molecular flexibility index (Phi) is 3.38. The summed E-state index contributed by atoms with van der Waals surface area (Å²) >= 11 is 1.46. The van der Waals surface area contributed by atoms with Crippen LogP contribution in [0, 0.1) is 0 Å². The zero-order chi connectivity index (χ0) is 13.4. The smallest absolute Gasteiger partial charge is 0.319 e. The summed E-state index contributed by atoms with van der Waals surface area (Å²) in [4.78, 5) is 0. The lowest BCUT2D eigenvalue weighted by Gasteiger charge is -2.32. The van der Waals surface area contributed by atoms with E-state index in [1.807, 2.05) is 11.4 Å². The van der Waals surface area contributed by atoms with Crippen molar-refractivity contribution in [2.45, 2.75) is 18.5 Å². The zero-order valence-electron chi connectivity index (χ0n) is 10.1. The topological polar surface area (TPSA) is 12.0 Å². The van der Waals surface area contributed by atoms with Crippen LogP contribution in [0.4, 0.5) is 13.2 Å². The van der Waals surface area contributed by atoms with E-state index in [9.17, 15) is 13.2 Å². The Morgan fingerprint density at radius 3 is 2.56 bits per heavy atom. The first-order valence-electron chi connectivity index (χ1n) is 5.57. The Bertz CT molecular complexity index is 546. The molecule has 5 heteroatoms. The van der Waals surface area contributed by atoms with Gasteiger partial charge in [0, 0.05) is 11.2 Å². The van der Waals surface area contributed by atoms with Crippen molar-refractivity contribution in [3.8, 4) is 0 Å². The van der Waals surface area contributed by atoms with E-state index in [2.05, 4.69) is 5.32 Å². The zero-order valence-corrected chi connectivity index (χ0v) is 11.0. The second-order valence-electron chi connectivity index (χ2n) is 4.53. The van der Waals surface area contributed by atoms with Crippen LogP contribution in [0.2, 0.25) is 0 Å². The molecule has 18 heavy (non-hydrogen) atoms. The summed E-state index contributed by atoms with van der Waals surface area (Å²) in [5.41, 5.74) is -1.56. The van der Waals surface area contributed by atoms with Crippen molar-refractivity contribution < 1.29 is 13.2 Å². The highest BCUT2D eigenvalue weighted by Gasteiger charge is 2.51. The molecule has 1 nitrogen and oxygen atoms in total. The van der Waals surface area contributed by atoms with E-state index in [1.54, 1.807) is 18.2 Å². The maximum absolute atomic E-state index is 13.3. The summed E-state index contributed by atoms with van der Waals surface area (Å²) < 4.78 is 40.7. The Balaban J connectivity index is 2.53. The Hall–Kier alpha value is -1.07. The van der Waals surface area contributed by atoms with Crippen molar-refractivity contribution in [1.82, 2.24) is 5.32 Å². The van der Waals surface area contributed by atoms with Gasteiger partial charge in [0.25, 0.3) is 0 Å². The molecule has 0 aliphatic heterocycles. The summed E-state index contributed by atoms with van der Waals surface area (Å²) in [6, 6.07) is 6.87. The molecule has 1 unspecified atom stereocenters. The number of hydrogen-bond donors (Lipinski definition) is 1. The molecule has 1 heterocycles. The van der Waals surface area contributed by atoms with Gasteiger partial charge < -0.3 is 5.32 Å². The van der Waals surface area contributed by atoms with Crippen LogP contribution in [-0.4, -0.2) is 19.8 Å². The van der Waals surface area contributed by atoms with Gasteiger partial charge in [0.15, 0.2) is 0 Å². The molecule has 1 N–H and O–H groups in total. The Morgan fingerprint density at radius 1 is 1.22 bits per heavy atom. The minimum absolute atomic E-state index is 0.132. The number of alkyl halides is 3. The number of thiophene rings is 1. The molecule has 1 atom stereocenters. The summed E-state index contributed by atoms with van der Waals surface area (Å²) in [7, 11) is 1.54. The molecular weight excluding hydrogens is 259 g/mol. The van der Waals surface area contributed by atoms with E-state index < -0.39 is 11.6 Å². The third-order valence-electron chi connectivity index (χ3n) is 3.25. The molecule has 1 aromatic carbocycles. The number of benzene rings is 1. The van der Waals surface area contributed by atoms with Crippen molar-refractivity contribution >= 4 is 21.4 Å². The van der Waals surface area contributed by atoms with Crippen molar-refractivity contribution in [3.05, 3.63) is 35.2 Å². The van der Waals surface area contributed by atoms with Gasteiger partial charge in [-0.1, -0.05) is 12.1 Å². The third-order valence-corrected chi connectivity index (χ3v) is 4.13. The minimum atomic E-state index is -4.28. The molecule has 0 saturated carbocycles. The number of nitrogens with one attached hydrogen (secondary N) is 1. The number of halogens is 3. The number of rotatable bonds is 3. The summed E-state index contributed by atoms with van der Waals surface area (Å²) in [6.07, 6.45) is -4.28. The van der Waals surface area contributed by atoms with Gasteiger partial charge in [0.1, 0.15) is 5.41 Å². The Labute approximate surface area is 108 Å². The number of fused-ring (bicyclic) bond motifs is 1. The SMILES string of the molecule is CNCC(C)(c1ccc2ccsc2c1)C(F)(F)F. The fourth-order valence-corrected chi connectivity index (χ4v) is 2.85. The fourth-order valence-electron chi connectivity index (χ4n) is 2.02. The molecule has 98 valence electrons. The second kappa shape index (κ2) is 4.55. The van der Waals surface area contributed by atoms with Crippen LogP contribution in [0.15, 0.2) is 29.6 Å². The molecule has 1 aromatic heterocycles. The molecule has 0 fully saturated rings. The molecule has 0 bridgehead atoms. The molecule has 2 rings (SSSR count). The van der Waals surface area contributed by atoms with Crippen LogP contribution in [0.5, 0.6) is 0 Å². The lowest BCUT2D eigenvalue weighted by molar-refractivity contribution is -0.184. The van der Waals surface area contributed by atoms with E-state index >= 15 is 0 Å². The van der Waals surface area contributed by atoms with Gasteiger partial charge in [0.05, 0.1) is 0 Å². The predicted octanol–water partition coefficient (Wildman–Crippen LogP) is 3.94. The van der Waals surface area contributed by atoms with Crippen LogP contribution < -0.4 is 5.32 Å². The van der Waals surface area contributed by atoms with Crippen LogP contribution in [0.3, 0.4) is 0 Å². The van der Waals surface area contributed by atoms with Crippen LogP contribution >= 0.6 is 11.3 Å². The molecular formula is C13H14F3NS. The van der Waals surface area contributed by atoms with Crippen molar-refractivity contribution in [2.24, 2.45) is 0 Å². The van der Waals surface area contributed by atoms with Gasteiger partial charge in [-0.15, -0.1) is 11.3 Å². The van der Waals surface area contributed by atoms with Crippen molar-refractivity contribution in [1.29, 1.82) is 0 Å². The molecule has 0 aliphatic carbocycles. The first-order chi connectivity index (χ1) is 8.38. The van der Waals surface area contributed by atoms with Gasteiger partial charge in [-0.2, -0.15) is 13.2 Å². The summed E-state index contributed by atoms with van der Waals surface area (Å²) in [6.45, 7) is 1.10. The van der Waals surface area contributed by atoms with E-state index in [4.69, 9.17) is 0 Å².